The molecule has 0 aliphatic rings. The molecule has 0 saturated heterocycles. The molecule has 0 radical (unpaired) electrons. The van der Waals surface area contributed by atoms with Crippen molar-refractivity contribution in [3.05, 3.63) is 34.6 Å². The van der Waals surface area contributed by atoms with Crippen LogP contribution < -0.4 is 0 Å². The molecule has 0 aliphatic carbocycles. The van der Waals surface area contributed by atoms with Crippen molar-refractivity contribution in [1.82, 2.24) is 5.06 Å². The van der Waals surface area contributed by atoms with E-state index in [-0.39, 0.29) is 5.06 Å². The van der Waals surface area contributed by atoms with Crippen molar-refractivity contribution in [1.29, 1.82) is 0 Å². The summed E-state index contributed by atoms with van der Waals surface area (Å²) in [5.41, 5.74) is -2.31. The number of carbonyl (C=O) groups excluding carboxylic acids is 1. The quantitative estimate of drug-likeness (QED) is 0.304. The Bertz CT molecular complexity index is 545. The second-order valence-electron chi connectivity index (χ2n) is 5.15. The highest BCUT2D eigenvalue weighted by atomic mass is 19.2. The molecule has 0 unspecified atom stereocenters. The number of hydrogen-bond acceptors (Lipinski definition) is 2. The SMILES string of the molecule is CCC(C)(C)C(=O)N(O)Cc1c(F)c(F)c(F)c(F)c1F. The van der Waals surface area contributed by atoms with E-state index >= 15 is 0 Å². The van der Waals surface area contributed by atoms with Crippen LogP contribution in [0.3, 0.4) is 0 Å². The third kappa shape index (κ3) is 3.15. The monoisotopic (exact) mass is 311 g/mol. The summed E-state index contributed by atoms with van der Waals surface area (Å²) in [6, 6.07) is 0. The van der Waals surface area contributed by atoms with Crippen molar-refractivity contribution >= 4 is 5.91 Å². The summed E-state index contributed by atoms with van der Waals surface area (Å²) < 4.78 is 65.8. The molecule has 1 aromatic carbocycles. The van der Waals surface area contributed by atoms with Gasteiger partial charge in [0.15, 0.2) is 23.3 Å². The average molecular weight is 311 g/mol. The number of rotatable bonds is 4. The van der Waals surface area contributed by atoms with Gasteiger partial charge in [0, 0.05) is 5.41 Å². The first-order chi connectivity index (χ1) is 9.54. The summed E-state index contributed by atoms with van der Waals surface area (Å²) in [6.45, 7) is 3.44. The minimum absolute atomic E-state index is 0.0538. The van der Waals surface area contributed by atoms with E-state index in [2.05, 4.69) is 0 Å². The van der Waals surface area contributed by atoms with E-state index < -0.39 is 52.5 Å². The van der Waals surface area contributed by atoms with E-state index in [1.807, 2.05) is 0 Å². The van der Waals surface area contributed by atoms with E-state index in [9.17, 15) is 32.0 Å². The van der Waals surface area contributed by atoms with Crippen LogP contribution in [0.5, 0.6) is 0 Å². The van der Waals surface area contributed by atoms with Gasteiger partial charge in [0.1, 0.15) is 0 Å². The first kappa shape index (κ1) is 17.4. The van der Waals surface area contributed by atoms with E-state index in [1.54, 1.807) is 6.92 Å². The zero-order valence-electron chi connectivity index (χ0n) is 11.6. The lowest BCUT2D eigenvalue weighted by Crippen LogP contribution is -2.38. The molecule has 118 valence electrons. The predicted molar refractivity (Wildman–Crippen MR) is 62.6 cm³/mol. The predicted octanol–water partition coefficient (Wildman–Crippen LogP) is 3.54. The van der Waals surface area contributed by atoms with Crippen molar-refractivity contribution < 1.29 is 32.0 Å². The van der Waals surface area contributed by atoms with Crippen LogP contribution in [0.2, 0.25) is 0 Å². The molecule has 0 fully saturated rings. The van der Waals surface area contributed by atoms with Crippen molar-refractivity contribution in [3.63, 3.8) is 0 Å². The largest absolute Gasteiger partial charge is 0.286 e. The smallest absolute Gasteiger partial charge is 0.251 e. The Balaban J connectivity index is 3.18. The lowest BCUT2D eigenvalue weighted by Gasteiger charge is -2.26. The van der Waals surface area contributed by atoms with Gasteiger partial charge in [-0.3, -0.25) is 10.0 Å². The van der Waals surface area contributed by atoms with E-state index in [1.165, 1.54) is 13.8 Å². The molecular weight excluding hydrogens is 297 g/mol. The van der Waals surface area contributed by atoms with Crippen molar-refractivity contribution in [2.75, 3.05) is 0 Å². The lowest BCUT2D eigenvalue weighted by atomic mass is 9.89. The molecule has 21 heavy (non-hydrogen) atoms. The van der Waals surface area contributed by atoms with E-state index in [0.717, 1.165) is 0 Å². The molecule has 0 bridgehead atoms. The highest BCUT2D eigenvalue weighted by Gasteiger charge is 2.33. The zero-order chi connectivity index (χ0) is 16.5. The number of carbonyl (C=O) groups is 1. The number of benzene rings is 1. The van der Waals surface area contributed by atoms with Crippen LogP contribution in [0.15, 0.2) is 0 Å². The first-order valence-electron chi connectivity index (χ1n) is 6.05. The van der Waals surface area contributed by atoms with Crippen LogP contribution in [-0.2, 0) is 11.3 Å². The Morgan fingerprint density at radius 1 is 1.00 bits per heavy atom. The summed E-state index contributed by atoms with van der Waals surface area (Å²) >= 11 is 0. The van der Waals surface area contributed by atoms with Gasteiger partial charge in [-0.1, -0.05) is 20.8 Å². The number of nitrogens with zero attached hydrogens (tertiary/aromatic N) is 1. The van der Waals surface area contributed by atoms with Crippen LogP contribution in [-0.4, -0.2) is 16.2 Å². The molecule has 1 N–H and O–H groups in total. The second kappa shape index (κ2) is 5.97. The highest BCUT2D eigenvalue weighted by molar-refractivity contribution is 5.80. The Morgan fingerprint density at radius 2 is 1.38 bits per heavy atom. The van der Waals surface area contributed by atoms with Gasteiger partial charge in [-0.2, -0.15) is 0 Å². The molecule has 0 heterocycles. The molecule has 1 rings (SSSR count). The summed E-state index contributed by atoms with van der Waals surface area (Å²) in [7, 11) is 0. The van der Waals surface area contributed by atoms with Gasteiger partial charge >= 0.3 is 0 Å². The minimum Gasteiger partial charge on any atom is -0.286 e. The van der Waals surface area contributed by atoms with Gasteiger partial charge in [0.25, 0.3) is 5.91 Å². The van der Waals surface area contributed by atoms with E-state index in [0.29, 0.717) is 6.42 Å². The molecule has 8 heteroatoms. The van der Waals surface area contributed by atoms with Crippen LogP contribution in [0.1, 0.15) is 32.8 Å². The Morgan fingerprint density at radius 3 is 1.76 bits per heavy atom. The Kier molecular flexibility index (Phi) is 4.93. The molecule has 0 aliphatic heterocycles. The van der Waals surface area contributed by atoms with Crippen molar-refractivity contribution in [3.8, 4) is 0 Å². The maximum atomic E-state index is 13.4. The van der Waals surface area contributed by atoms with Gasteiger partial charge in [0.05, 0.1) is 12.1 Å². The van der Waals surface area contributed by atoms with Gasteiger partial charge < -0.3 is 0 Å². The molecule has 1 aromatic rings. The van der Waals surface area contributed by atoms with Crippen molar-refractivity contribution in [2.24, 2.45) is 5.41 Å². The van der Waals surface area contributed by atoms with Gasteiger partial charge in [0.2, 0.25) is 5.82 Å². The number of hydroxylamine groups is 2. The fourth-order valence-electron chi connectivity index (χ4n) is 1.51. The third-order valence-corrected chi connectivity index (χ3v) is 3.31. The molecule has 0 saturated carbocycles. The van der Waals surface area contributed by atoms with Gasteiger partial charge in [-0.05, 0) is 6.42 Å². The Hall–Kier alpha value is -1.70. The summed E-state index contributed by atoms with van der Waals surface area (Å²) in [5, 5.41) is 9.50. The summed E-state index contributed by atoms with van der Waals surface area (Å²) in [4.78, 5) is 11.8. The topological polar surface area (TPSA) is 40.5 Å². The minimum atomic E-state index is -2.29. The normalized spacial score (nSPS) is 11.7. The first-order valence-corrected chi connectivity index (χ1v) is 6.05. The van der Waals surface area contributed by atoms with Crippen LogP contribution in [0.25, 0.3) is 0 Å². The molecule has 3 nitrogen and oxygen atoms in total. The second-order valence-corrected chi connectivity index (χ2v) is 5.15. The maximum Gasteiger partial charge on any atom is 0.251 e. The Labute approximate surface area is 117 Å². The molecule has 0 spiro atoms. The number of halogens is 5. The molecule has 1 amide bonds. The highest BCUT2D eigenvalue weighted by Crippen LogP contribution is 2.27. The van der Waals surface area contributed by atoms with Crippen LogP contribution in [0.4, 0.5) is 22.0 Å². The fourth-order valence-corrected chi connectivity index (χ4v) is 1.51. The van der Waals surface area contributed by atoms with Gasteiger partial charge in [-0.25, -0.2) is 27.0 Å². The average Bonchev–Trinajstić information content (AvgIpc) is 2.46. The van der Waals surface area contributed by atoms with Gasteiger partial charge in [-0.15, -0.1) is 0 Å². The third-order valence-electron chi connectivity index (χ3n) is 3.31. The lowest BCUT2D eigenvalue weighted by molar-refractivity contribution is -0.178. The fraction of sp³-hybridized carbons (Fsp3) is 0.462. The van der Waals surface area contributed by atoms with Crippen molar-refractivity contribution in [2.45, 2.75) is 33.7 Å². The molecule has 0 atom stereocenters. The zero-order valence-corrected chi connectivity index (χ0v) is 11.6. The number of amides is 1. The van der Waals surface area contributed by atoms with E-state index in [4.69, 9.17) is 0 Å². The van der Waals surface area contributed by atoms with Crippen LogP contribution >= 0.6 is 0 Å². The molecule has 0 aromatic heterocycles. The summed E-state index contributed by atoms with van der Waals surface area (Å²) in [5.74, 6) is -11.6. The summed E-state index contributed by atoms with van der Waals surface area (Å²) in [6.07, 6.45) is 0.306. The standard InChI is InChI=1S/C13H14F5NO2/c1-4-13(2,3)12(20)19(21)5-6-7(14)9(16)11(18)10(17)8(6)15/h21H,4-5H2,1-3H3. The number of hydrogen-bond donors (Lipinski definition) is 1. The maximum absolute atomic E-state index is 13.4. The van der Waals surface area contributed by atoms with Crippen LogP contribution in [0, 0.1) is 34.5 Å². The molecular formula is C13H14F5NO2.